The summed E-state index contributed by atoms with van der Waals surface area (Å²) in [5, 5.41) is 1.75. The Bertz CT molecular complexity index is 496. The summed E-state index contributed by atoms with van der Waals surface area (Å²) in [5.41, 5.74) is 1.09. The maximum absolute atomic E-state index is 5.91. The number of aryl methyl sites for hydroxylation is 2. The van der Waals surface area contributed by atoms with Crippen molar-refractivity contribution in [3.63, 3.8) is 0 Å². The van der Waals surface area contributed by atoms with E-state index in [1.54, 1.807) is 11.3 Å². The Morgan fingerprint density at radius 1 is 1.38 bits per heavy atom. The number of hydrogen-bond acceptors (Lipinski definition) is 3. The van der Waals surface area contributed by atoms with E-state index in [9.17, 15) is 0 Å². The van der Waals surface area contributed by atoms with Gasteiger partial charge in [-0.25, -0.2) is 4.98 Å². The number of thiazole rings is 1. The highest BCUT2D eigenvalue weighted by molar-refractivity contribution is 7.11. The molecule has 0 unspecified atom stereocenters. The quantitative estimate of drug-likeness (QED) is 0.825. The number of hydrogen-bond donors (Lipinski definition) is 0. The van der Waals surface area contributed by atoms with Crippen LogP contribution in [0.2, 0.25) is 5.02 Å². The molecule has 0 fully saturated rings. The van der Waals surface area contributed by atoms with Crippen molar-refractivity contribution in [1.29, 1.82) is 0 Å². The molecule has 2 nitrogen and oxygen atoms in total. The molecule has 0 saturated carbocycles. The first-order chi connectivity index (χ1) is 7.65. The van der Waals surface area contributed by atoms with Crippen LogP contribution in [0.25, 0.3) is 0 Å². The van der Waals surface area contributed by atoms with Gasteiger partial charge >= 0.3 is 0 Å². The SMILES string of the molecule is Cc1ncc(COc2cc(Cl)ccc2C)s1. The van der Waals surface area contributed by atoms with Gasteiger partial charge in [0.05, 0.1) is 9.88 Å². The standard InChI is InChI=1S/C12H12ClNOS/c1-8-3-4-10(13)5-12(8)15-7-11-6-14-9(2)16-11/h3-6H,7H2,1-2H3. The van der Waals surface area contributed by atoms with Crippen LogP contribution in [0.4, 0.5) is 0 Å². The zero-order valence-corrected chi connectivity index (χ0v) is 10.7. The molecule has 2 aromatic rings. The third-order valence-corrected chi connectivity index (χ3v) is 3.31. The summed E-state index contributed by atoms with van der Waals surface area (Å²) < 4.78 is 5.70. The Kier molecular flexibility index (Phi) is 3.46. The van der Waals surface area contributed by atoms with E-state index in [1.165, 1.54) is 0 Å². The average molecular weight is 254 g/mol. The van der Waals surface area contributed by atoms with Crippen LogP contribution in [0.5, 0.6) is 5.75 Å². The number of halogens is 1. The molecule has 0 N–H and O–H groups in total. The normalized spacial score (nSPS) is 10.4. The Balaban J connectivity index is 2.07. The average Bonchev–Trinajstić information content (AvgIpc) is 2.66. The van der Waals surface area contributed by atoms with E-state index in [0.29, 0.717) is 11.6 Å². The van der Waals surface area contributed by atoms with Crippen LogP contribution in [-0.2, 0) is 6.61 Å². The van der Waals surface area contributed by atoms with Crippen molar-refractivity contribution < 1.29 is 4.74 Å². The van der Waals surface area contributed by atoms with E-state index in [2.05, 4.69) is 4.98 Å². The molecule has 84 valence electrons. The van der Waals surface area contributed by atoms with Gasteiger partial charge in [-0.1, -0.05) is 17.7 Å². The molecule has 0 radical (unpaired) electrons. The first kappa shape index (κ1) is 11.4. The van der Waals surface area contributed by atoms with Gasteiger partial charge in [0, 0.05) is 11.2 Å². The van der Waals surface area contributed by atoms with Crippen LogP contribution in [0.1, 0.15) is 15.4 Å². The van der Waals surface area contributed by atoms with E-state index < -0.39 is 0 Å². The van der Waals surface area contributed by atoms with Crippen molar-refractivity contribution in [3.8, 4) is 5.75 Å². The number of benzene rings is 1. The van der Waals surface area contributed by atoms with Gasteiger partial charge in [-0.2, -0.15) is 0 Å². The molecule has 1 aromatic carbocycles. The maximum Gasteiger partial charge on any atom is 0.124 e. The lowest BCUT2D eigenvalue weighted by molar-refractivity contribution is 0.307. The van der Waals surface area contributed by atoms with E-state index in [-0.39, 0.29) is 0 Å². The van der Waals surface area contributed by atoms with Crippen LogP contribution in [-0.4, -0.2) is 4.98 Å². The van der Waals surface area contributed by atoms with Crippen molar-refractivity contribution in [2.75, 3.05) is 0 Å². The molecule has 1 heterocycles. The number of nitrogens with zero attached hydrogens (tertiary/aromatic N) is 1. The molecule has 4 heteroatoms. The van der Waals surface area contributed by atoms with Crippen molar-refractivity contribution in [2.45, 2.75) is 20.5 Å². The van der Waals surface area contributed by atoms with Gasteiger partial charge < -0.3 is 4.74 Å². The van der Waals surface area contributed by atoms with E-state index >= 15 is 0 Å². The summed E-state index contributed by atoms with van der Waals surface area (Å²) in [6.07, 6.45) is 1.85. The predicted octanol–water partition coefficient (Wildman–Crippen LogP) is 3.99. The summed E-state index contributed by atoms with van der Waals surface area (Å²) in [6, 6.07) is 5.65. The molecule has 0 aliphatic rings. The topological polar surface area (TPSA) is 22.1 Å². The molecule has 0 bridgehead atoms. The summed E-state index contributed by atoms with van der Waals surface area (Å²) in [6.45, 7) is 4.54. The third kappa shape index (κ3) is 2.74. The highest BCUT2D eigenvalue weighted by Gasteiger charge is 2.03. The van der Waals surface area contributed by atoms with E-state index in [0.717, 1.165) is 21.2 Å². The Labute approximate surface area is 104 Å². The Hall–Kier alpha value is -1.06. The Morgan fingerprint density at radius 3 is 2.88 bits per heavy atom. The van der Waals surface area contributed by atoms with Crippen molar-refractivity contribution in [1.82, 2.24) is 4.98 Å². The lowest BCUT2D eigenvalue weighted by Crippen LogP contribution is -1.94. The van der Waals surface area contributed by atoms with Gasteiger partial charge in [-0.3, -0.25) is 0 Å². The lowest BCUT2D eigenvalue weighted by atomic mass is 10.2. The third-order valence-electron chi connectivity index (χ3n) is 2.19. The number of aromatic nitrogens is 1. The smallest absolute Gasteiger partial charge is 0.124 e. The fourth-order valence-corrected chi connectivity index (χ4v) is 2.22. The van der Waals surface area contributed by atoms with Crippen molar-refractivity contribution >= 4 is 22.9 Å². The molecular formula is C12H12ClNOS. The minimum Gasteiger partial charge on any atom is -0.488 e. The second kappa shape index (κ2) is 4.85. The fraction of sp³-hybridized carbons (Fsp3) is 0.250. The van der Waals surface area contributed by atoms with Crippen molar-refractivity contribution in [2.24, 2.45) is 0 Å². The molecule has 0 atom stereocenters. The molecule has 16 heavy (non-hydrogen) atoms. The zero-order valence-electron chi connectivity index (χ0n) is 9.16. The van der Waals surface area contributed by atoms with Gasteiger partial charge in [-0.05, 0) is 31.5 Å². The first-order valence-corrected chi connectivity index (χ1v) is 6.15. The zero-order chi connectivity index (χ0) is 11.5. The molecule has 0 aliphatic heterocycles. The van der Waals surface area contributed by atoms with Crippen LogP contribution >= 0.6 is 22.9 Å². The summed E-state index contributed by atoms with van der Waals surface area (Å²) >= 11 is 7.56. The van der Waals surface area contributed by atoms with E-state index in [4.69, 9.17) is 16.3 Å². The van der Waals surface area contributed by atoms with Gasteiger partial charge in [0.15, 0.2) is 0 Å². The summed E-state index contributed by atoms with van der Waals surface area (Å²) in [7, 11) is 0. The number of ether oxygens (including phenoxy) is 1. The minimum absolute atomic E-state index is 0.548. The largest absolute Gasteiger partial charge is 0.488 e. The van der Waals surface area contributed by atoms with Gasteiger partial charge in [-0.15, -0.1) is 11.3 Å². The maximum atomic E-state index is 5.91. The van der Waals surface area contributed by atoms with Crippen molar-refractivity contribution in [3.05, 3.63) is 44.9 Å². The highest BCUT2D eigenvalue weighted by Crippen LogP contribution is 2.24. The summed E-state index contributed by atoms with van der Waals surface area (Å²) in [4.78, 5) is 5.30. The van der Waals surface area contributed by atoms with Gasteiger partial charge in [0.25, 0.3) is 0 Å². The lowest BCUT2D eigenvalue weighted by Gasteiger charge is -2.07. The highest BCUT2D eigenvalue weighted by atomic mass is 35.5. The van der Waals surface area contributed by atoms with Crippen LogP contribution in [0.3, 0.4) is 0 Å². The molecule has 0 amide bonds. The molecule has 0 spiro atoms. The molecule has 0 saturated heterocycles. The first-order valence-electron chi connectivity index (χ1n) is 4.95. The molecular weight excluding hydrogens is 242 g/mol. The van der Waals surface area contributed by atoms with Crippen LogP contribution in [0, 0.1) is 13.8 Å². The van der Waals surface area contributed by atoms with Crippen LogP contribution < -0.4 is 4.74 Å². The second-order valence-electron chi connectivity index (χ2n) is 3.54. The molecule has 2 rings (SSSR count). The summed E-state index contributed by atoms with van der Waals surface area (Å²) in [5.74, 6) is 0.832. The Morgan fingerprint density at radius 2 is 2.19 bits per heavy atom. The molecule has 0 aliphatic carbocycles. The van der Waals surface area contributed by atoms with Gasteiger partial charge in [0.2, 0.25) is 0 Å². The minimum atomic E-state index is 0.548. The second-order valence-corrected chi connectivity index (χ2v) is 5.30. The predicted molar refractivity (Wildman–Crippen MR) is 67.4 cm³/mol. The van der Waals surface area contributed by atoms with Gasteiger partial charge in [0.1, 0.15) is 12.4 Å². The number of rotatable bonds is 3. The monoisotopic (exact) mass is 253 g/mol. The molecule has 1 aromatic heterocycles. The van der Waals surface area contributed by atoms with E-state index in [1.807, 2.05) is 38.2 Å². The fourth-order valence-electron chi connectivity index (χ4n) is 1.35. The van der Waals surface area contributed by atoms with Crippen LogP contribution in [0.15, 0.2) is 24.4 Å².